The molecule has 0 fully saturated rings. The van der Waals surface area contributed by atoms with Gasteiger partial charge >= 0.3 is 5.97 Å². The van der Waals surface area contributed by atoms with Crippen molar-refractivity contribution in [2.45, 2.75) is 18.2 Å². The van der Waals surface area contributed by atoms with Crippen molar-refractivity contribution >= 4 is 44.0 Å². The van der Waals surface area contributed by atoms with Crippen LogP contribution >= 0.6 is 0 Å². The van der Waals surface area contributed by atoms with Crippen molar-refractivity contribution in [3.8, 4) is 5.88 Å². The van der Waals surface area contributed by atoms with Gasteiger partial charge in [-0.25, -0.2) is 13.4 Å². The van der Waals surface area contributed by atoms with Gasteiger partial charge in [-0.05, 0) is 55.0 Å². The van der Waals surface area contributed by atoms with Crippen LogP contribution in [0.1, 0.15) is 23.6 Å². The van der Waals surface area contributed by atoms with E-state index in [4.69, 9.17) is 9.73 Å². The summed E-state index contributed by atoms with van der Waals surface area (Å²) in [6.45, 7) is 2.09. The number of nitrogens with one attached hydrogen (secondary N) is 2. The predicted molar refractivity (Wildman–Crippen MR) is 156 cm³/mol. The van der Waals surface area contributed by atoms with Gasteiger partial charge in [0.1, 0.15) is 0 Å². The zero-order chi connectivity index (χ0) is 28.1. The largest absolute Gasteiger partial charge is 0.494 e. The molecule has 0 saturated heterocycles. The fourth-order valence-corrected chi connectivity index (χ4v) is 5.42. The minimum Gasteiger partial charge on any atom is -0.494 e. The number of carbonyl (C=O) groups excluding carboxylic acids is 1. The smallest absolute Gasteiger partial charge is 0.310 e. The lowest BCUT2D eigenvalue weighted by atomic mass is 10.0. The third kappa shape index (κ3) is 5.89. The van der Waals surface area contributed by atoms with E-state index in [0.29, 0.717) is 40.2 Å². The van der Waals surface area contributed by atoms with Gasteiger partial charge in [0.25, 0.3) is 10.0 Å². The summed E-state index contributed by atoms with van der Waals surface area (Å²) in [7, 11) is -3.81. The van der Waals surface area contributed by atoms with Crippen molar-refractivity contribution in [2.75, 3.05) is 11.3 Å². The van der Waals surface area contributed by atoms with E-state index < -0.39 is 10.0 Å². The molecule has 0 radical (unpaired) electrons. The zero-order valence-corrected chi connectivity index (χ0v) is 22.5. The number of ether oxygens (including phenoxy) is 1. The fraction of sp³-hybridized carbons (Fsp3) is 0.0968. The van der Waals surface area contributed by atoms with Crippen molar-refractivity contribution in [3.63, 3.8) is 0 Å². The van der Waals surface area contributed by atoms with Gasteiger partial charge in [-0.3, -0.25) is 9.52 Å². The molecule has 0 spiro atoms. The van der Waals surface area contributed by atoms with Gasteiger partial charge in [0, 0.05) is 22.2 Å². The Morgan fingerprint density at radius 3 is 2.27 bits per heavy atom. The van der Waals surface area contributed by atoms with Crippen LogP contribution in [0.15, 0.2) is 113 Å². The van der Waals surface area contributed by atoms with Gasteiger partial charge in [-0.2, -0.15) is 0 Å². The number of esters is 1. The Kier molecular flexibility index (Phi) is 7.65. The Balaban J connectivity index is 1.56. The van der Waals surface area contributed by atoms with Crippen LogP contribution < -0.4 is 4.72 Å². The van der Waals surface area contributed by atoms with Crippen LogP contribution in [0.5, 0.6) is 5.88 Å². The molecule has 202 valence electrons. The second-order valence-electron chi connectivity index (χ2n) is 9.00. The number of sulfonamides is 1. The molecule has 5 aromatic rings. The number of hydrogen-bond donors (Lipinski definition) is 3. The highest BCUT2D eigenvalue weighted by Gasteiger charge is 2.20. The van der Waals surface area contributed by atoms with Crippen LogP contribution in [0.3, 0.4) is 0 Å². The lowest BCUT2D eigenvalue weighted by Gasteiger charge is -2.10. The summed E-state index contributed by atoms with van der Waals surface area (Å²) in [4.78, 5) is 19.8. The average Bonchev–Trinajstić information content (AvgIpc) is 3.28. The van der Waals surface area contributed by atoms with E-state index in [-0.39, 0.29) is 23.2 Å². The van der Waals surface area contributed by atoms with Crippen molar-refractivity contribution in [2.24, 2.45) is 4.99 Å². The highest BCUT2D eigenvalue weighted by atomic mass is 32.2. The molecule has 1 aromatic heterocycles. The Morgan fingerprint density at radius 1 is 0.925 bits per heavy atom. The van der Waals surface area contributed by atoms with Crippen LogP contribution in [0.25, 0.3) is 10.9 Å². The summed E-state index contributed by atoms with van der Waals surface area (Å²) >= 11 is 0. The van der Waals surface area contributed by atoms with Gasteiger partial charge in [-0.15, -0.1) is 0 Å². The zero-order valence-electron chi connectivity index (χ0n) is 21.7. The molecular formula is C31H27N3O5S. The van der Waals surface area contributed by atoms with Gasteiger partial charge < -0.3 is 14.8 Å². The minimum atomic E-state index is -3.81. The van der Waals surface area contributed by atoms with Gasteiger partial charge in [0.2, 0.25) is 0 Å². The summed E-state index contributed by atoms with van der Waals surface area (Å²) in [5, 5.41) is 11.6. The number of aliphatic imine (C=N–C) groups is 1. The Morgan fingerprint density at radius 2 is 1.60 bits per heavy atom. The molecular weight excluding hydrogens is 526 g/mol. The fourth-order valence-electron chi connectivity index (χ4n) is 4.35. The highest BCUT2D eigenvalue weighted by molar-refractivity contribution is 7.92. The number of aromatic amines is 1. The maximum atomic E-state index is 12.9. The van der Waals surface area contributed by atoms with Crippen LogP contribution in [0.4, 0.5) is 11.4 Å². The molecule has 0 amide bonds. The summed E-state index contributed by atoms with van der Waals surface area (Å²) in [5.41, 5.74) is 4.04. The van der Waals surface area contributed by atoms with E-state index in [1.165, 1.54) is 12.1 Å². The van der Waals surface area contributed by atoms with E-state index in [1.54, 1.807) is 55.5 Å². The molecule has 3 N–H and O–H groups in total. The number of H-pyrrole nitrogens is 1. The topological polar surface area (TPSA) is 121 Å². The number of aromatic nitrogens is 1. The normalized spacial score (nSPS) is 11.9. The molecule has 0 aliphatic rings. The van der Waals surface area contributed by atoms with Crippen molar-refractivity contribution in [1.82, 2.24) is 4.98 Å². The first-order chi connectivity index (χ1) is 19.3. The summed E-state index contributed by atoms with van der Waals surface area (Å²) < 4.78 is 33.5. The number of aromatic hydroxyl groups is 1. The number of nitrogens with zero attached hydrogens (tertiary/aromatic N) is 1. The first-order valence-electron chi connectivity index (χ1n) is 12.7. The molecule has 0 atom stereocenters. The van der Waals surface area contributed by atoms with Gasteiger partial charge in [0.15, 0.2) is 5.88 Å². The van der Waals surface area contributed by atoms with Crippen LogP contribution in [0, 0.1) is 0 Å². The molecule has 5 rings (SSSR count). The van der Waals surface area contributed by atoms with E-state index >= 15 is 0 Å². The van der Waals surface area contributed by atoms with Gasteiger partial charge in [-0.1, -0.05) is 60.7 Å². The molecule has 0 unspecified atom stereocenters. The molecule has 40 heavy (non-hydrogen) atoms. The quantitative estimate of drug-likeness (QED) is 0.154. The number of benzene rings is 4. The van der Waals surface area contributed by atoms with Crippen molar-refractivity contribution in [3.05, 3.63) is 120 Å². The summed E-state index contributed by atoms with van der Waals surface area (Å²) in [6, 6.07) is 29.7. The molecule has 0 bridgehead atoms. The van der Waals surface area contributed by atoms with E-state index in [2.05, 4.69) is 9.71 Å². The molecule has 0 saturated carbocycles. The van der Waals surface area contributed by atoms with E-state index in [9.17, 15) is 18.3 Å². The maximum absolute atomic E-state index is 12.9. The second-order valence-corrected chi connectivity index (χ2v) is 10.7. The monoisotopic (exact) mass is 553 g/mol. The number of fused-ring (bicyclic) bond motifs is 1. The Hall–Kier alpha value is -4.89. The SMILES string of the molecule is CCOC(=O)Cc1ccc(N=C(c2ccccc2)c2c(O)[nH]c3ccc(NS(=O)(=O)c4ccccc4)cc23)cc1. The molecule has 9 heteroatoms. The number of rotatable bonds is 9. The van der Waals surface area contributed by atoms with Crippen LogP contribution in [-0.4, -0.2) is 36.8 Å². The first kappa shape index (κ1) is 26.7. The first-order valence-corrected chi connectivity index (χ1v) is 14.1. The molecule has 8 nitrogen and oxygen atoms in total. The number of anilines is 1. The lowest BCUT2D eigenvalue weighted by Crippen LogP contribution is -2.12. The molecule has 1 heterocycles. The second kappa shape index (κ2) is 11.5. The maximum Gasteiger partial charge on any atom is 0.310 e. The molecule has 0 aliphatic heterocycles. The third-order valence-electron chi connectivity index (χ3n) is 6.20. The summed E-state index contributed by atoms with van der Waals surface area (Å²) in [5.74, 6) is -0.397. The number of hydrogen-bond acceptors (Lipinski definition) is 6. The van der Waals surface area contributed by atoms with Crippen molar-refractivity contribution in [1.29, 1.82) is 0 Å². The standard InChI is InChI=1S/C31H27N3O5S/c1-2-39-28(35)19-21-13-15-23(16-14-21)32-30(22-9-5-3-6-10-22)29-26-20-24(17-18-27(26)33-31(29)36)34-40(37,38)25-11-7-4-8-12-25/h3-18,20,33-34,36H,2,19H2,1H3. The van der Waals surface area contributed by atoms with E-state index in [0.717, 1.165) is 11.1 Å². The van der Waals surface area contributed by atoms with Crippen LogP contribution in [-0.2, 0) is 26.0 Å². The molecule has 0 aliphatic carbocycles. The Labute approximate surface area is 232 Å². The Bertz CT molecular complexity index is 1780. The van der Waals surface area contributed by atoms with E-state index in [1.807, 2.05) is 42.5 Å². The minimum absolute atomic E-state index is 0.0976. The van der Waals surface area contributed by atoms with Crippen LogP contribution in [0.2, 0.25) is 0 Å². The van der Waals surface area contributed by atoms with Gasteiger partial charge in [0.05, 0.1) is 34.9 Å². The van der Waals surface area contributed by atoms with Crippen molar-refractivity contribution < 1.29 is 23.1 Å². The third-order valence-corrected chi connectivity index (χ3v) is 7.60. The predicted octanol–water partition coefficient (Wildman–Crippen LogP) is 5.95. The highest BCUT2D eigenvalue weighted by Crippen LogP contribution is 2.33. The summed E-state index contributed by atoms with van der Waals surface area (Å²) in [6.07, 6.45) is 0.161. The number of carbonyl (C=O) groups is 1. The average molecular weight is 554 g/mol. The molecule has 4 aromatic carbocycles. The lowest BCUT2D eigenvalue weighted by molar-refractivity contribution is -0.142.